The second kappa shape index (κ2) is 12.3. The van der Waals surface area contributed by atoms with Crippen molar-refractivity contribution in [2.45, 2.75) is 26.9 Å². The summed E-state index contributed by atoms with van der Waals surface area (Å²) in [6.45, 7) is 9.51. The molecule has 0 aromatic heterocycles. The molecule has 0 rings (SSSR count). The predicted molar refractivity (Wildman–Crippen MR) is 66.3 cm³/mol. The molecule has 0 aromatic rings. The fraction of sp³-hybridized carbons (Fsp3) is 1.00. The minimum Gasteiger partial charge on any atom is -0.391 e. The highest BCUT2D eigenvalue weighted by Gasteiger charge is 2.04. The molecule has 0 aromatic carbocycles. The van der Waals surface area contributed by atoms with E-state index in [2.05, 4.69) is 4.90 Å². The SMILES string of the molecule is CC.CC(O)COP(C)OCCN(C)C. The topological polar surface area (TPSA) is 41.9 Å². The van der Waals surface area contributed by atoms with Crippen molar-refractivity contribution in [2.24, 2.45) is 0 Å². The Balaban J connectivity index is 0. The minimum atomic E-state index is -0.830. The number of hydrogen-bond acceptors (Lipinski definition) is 4. The van der Waals surface area contributed by atoms with E-state index in [1.54, 1.807) is 6.92 Å². The maximum Gasteiger partial charge on any atom is 0.167 e. The summed E-state index contributed by atoms with van der Waals surface area (Å²) in [5.41, 5.74) is 0. The predicted octanol–water partition coefficient (Wildman–Crippen LogP) is 1.93. The molecule has 0 aliphatic heterocycles. The van der Waals surface area contributed by atoms with Crippen LogP contribution in [0.25, 0.3) is 0 Å². The quantitative estimate of drug-likeness (QED) is 0.689. The molecule has 2 atom stereocenters. The molecular weight excluding hydrogens is 213 g/mol. The van der Waals surface area contributed by atoms with E-state index >= 15 is 0 Å². The van der Waals surface area contributed by atoms with Crippen LogP contribution in [-0.4, -0.2) is 56.6 Å². The van der Waals surface area contributed by atoms with Gasteiger partial charge in [-0.25, -0.2) is 0 Å². The third-order valence-electron chi connectivity index (χ3n) is 1.31. The highest BCUT2D eigenvalue weighted by molar-refractivity contribution is 7.46. The van der Waals surface area contributed by atoms with Crippen molar-refractivity contribution in [1.82, 2.24) is 4.90 Å². The molecule has 94 valence electrons. The molecule has 0 bridgehead atoms. The average Bonchev–Trinajstić information content (AvgIpc) is 2.17. The van der Waals surface area contributed by atoms with Crippen LogP contribution in [0, 0.1) is 0 Å². The lowest BCUT2D eigenvalue weighted by Crippen LogP contribution is -2.17. The number of rotatable bonds is 7. The van der Waals surface area contributed by atoms with Gasteiger partial charge in [0.15, 0.2) is 8.38 Å². The lowest BCUT2D eigenvalue weighted by Gasteiger charge is -2.15. The molecule has 2 unspecified atom stereocenters. The first-order chi connectivity index (χ1) is 7.02. The molecule has 0 heterocycles. The lowest BCUT2D eigenvalue weighted by atomic mass is 10.5. The van der Waals surface area contributed by atoms with Gasteiger partial charge in [0, 0.05) is 13.2 Å². The standard InChI is InChI=1S/C8H20NO3P.C2H6/c1-8(10)7-12-13(4)11-6-5-9(2)3;1-2/h8,10H,5-7H2,1-4H3;1-2H3. The average molecular weight is 239 g/mol. The molecule has 0 saturated heterocycles. The maximum atomic E-state index is 8.94. The van der Waals surface area contributed by atoms with Gasteiger partial charge in [0.1, 0.15) is 0 Å². The van der Waals surface area contributed by atoms with Gasteiger partial charge < -0.3 is 19.1 Å². The Kier molecular flexibility index (Phi) is 14.5. The summed E-state index contributed by atoms with van der Waals surface area (Å²) in [6, 6.07) is 0. The summed E-state index contributed by atoms with van der Waals surface area (Å²) in [5.74, 6) is 0. The number of aliphatic hydroxyl groups excluding tert-OH is 1. The van der Waals surface area contributed by atoms with Crippen molar-refractivity contribution in [2.75, 3.05) is 40.5 Å². The number of hydrogen-bond donors (Lipinski definition) is 1. The fourth-order valence-corrected chi connectivity index (χ4v) is 1.44. The van der Waals surface area contributed by atoms with E-state index in [4.69, 9.17) is 14.2 Å². The summed E-state index contributed by atoms with van der Waals surface area (Å²) in [5, 5.41) is 8.94. The Bertz CT molecular complexity index is 123. The molecule has 0 aliphatic rings. The highest BCUT2D eigenvalue weighted by Crippen LogP contribution is 2.32. The Hall–Kier alpha value is 0.270. The summed E-state index contributed by atoms with van der Waals surface area (Å²) in [6.07, 6.45) is -0.414. The molecule has 0 spiro atoms. The normalized spacial score (nSPS) is 14.4. The minimum absolute atomic E-state index is 0.351. The van der Waals surface area contributed by atoms with Crippen molar-refractivity contribution in [3.05, 3.63) is 0 Å². The lowest BCUT2D eigenvalue weighted by molar-refractivity contribution is 0.117. The molecule has 5 heteroatoms. The van der Waals surface area contributed by atoms with Gasteiger partial charge in [-0.05, 0) is 21.0 Å². The highest BCUT2D eigenvalue weighted by atomic mass is 31.2. The van der Waals surface area contributed by atoms with Gasteiger partial charge in [-0.2, -0.15) is 0 Å². The number of nitrogens with zero attached hydrogens (tertiary/aromatic N) is 1. The van der Waals surface area contributed by atoms with E-state index in [1.165, 1.54) is 0 Å². The molecular formula is C10H26NO3P. The van der Waals surface area contributed by atoms with Crippen molar-refractivity contribution in [3.63, 3.8) is 0 Å². The molecule has 0 saturated carbocycles. The monoisotopic (exact) mass is 239 g/mol. The van der Waals surface area contributed by atoms with Gasteiger partial charge in [0.2, 0.25) is 0 Å². The van der Waals surface area contributed by atoms with Gasteiger partial charge in [-0.1, -0.05) is 13.8 Å². The van der Waals surface area contributed by atoms with Crippen LogP contribution in [-0.2, 0) is 9.05 Å². The van der Waals surface area contributed by atoms with Gasteiger partial charge in [-0.15, -0.1) is 0 Å². The van der Waals surface area contributed by atoms with Crippen molar-refractivity contribution in [1.29, 1.82) is 0 Å². The first-order valence-corrected chi connectivity index (χ1v) is 6.97. The zero-order valence-corrected chi connectivity index (χ0v) is 11.8. The van der Waals surface area contributed by atoms with Crippen molar-refractivity contribution < 1.29 is 14.2 Å². The van der Waals surface area contributed by atoms with Gasteiger partial charge in [-0.3, -0.25) is 0 Å². The summed E-state index contributed by atoms with van der Waals surface area (Å²) in [4.78, 5) is 2.05. The van der Waals surface area contributed by atoms with Gasteiger partial charge in [0.05, 0.1) is 19.3 Å². The first-order valence-electron chi connectivity index (χ1n) is 5.34. The summed E-state index contributed by atoms with van der Waals surface area (Å²) >= 11 is 0. The smallest absolute Gasteiger partial charge is 0.167 e. The van der Waals surface area contributed by atoms with Gasteiger partial charge >= 0.3 is 0 Å². The van der Waals surface area contributed by atoms with Crippen LogP contribution < -0.4 is 0 Å². The Labute approximate surface area is 95.5 Å². The van der Waals surface area contributed by atoms with E-state index in [1.807, 2.05) is 34.6 Å². The van der Waals surface area contributed by atoms with Crippen LogP contribution in [0.3, 0.4) is 0 Å². The zero-order valence-electron chi connectivity index (χ0n) is 10.9. The van der Waals surface area contributed by atoms with Crippen LogP contribution >= 0.6 is 8.38 Å². The zero-order chi connectivity index (χ0) is 12.3. The second-order valence-electron chi connectivity index (χ2n) is 3.22. The van der Waals surface area contributed by atoms with E-state index < -0.39 is 14.5 Å². The van der Waals surface area contributed by atoms with Crippen molar-refractivity contribution in [3.8, 4) is 0 Å². The third kappa shape index (κ3) is 16.9. The van der Waals surface area contributed by atoms with Crippen LogP contribution in [0.15, 0.2) is 0 Å². The van der Waals surface area contributed by atoms with E-state index in [0.29, 0.717) is 13.2 Å². The Morgan fingerprint density at radius 2 is 1.80 bits per heavy atom. The number of likely N-dealkylation sites (N-methyl/N-ethyl adjacent to an activating group) is 1. The van der Waals surface area contributed by atoms with Crippen LogP contribution in [0.1, 0.15) is 20.8 Å². The first kappa shape index (κ1) is 17.7. The van der Waals surface area contributed by atoms with Crippen molar-refractivity contribution >= 4 is 8.38 Å². The van der Waals surface area contributed by atoms with E-state index in [-0.39, 0.29) is 0 Å². The van der Waals surface area contributed by atoms with Crippen LogP contribution in [0.2, 0.25) is 0 Å². The molecule has 0 radical (unpaired) electrons. The second-order valence-corrected chi connectivity index (χ2v) is 4.62. The summed E-state index contributed by atoms with van der Waals surface area (Å²) < 4.78 is 10.7. The Morgan fingerprint density at radius 1 is 1.27 bits per heavy atom. The maximum absolute atomic E-state index is 8.94. The summed E-state index contributed by atoms with van der Waals surface area (Å²) in [7, 11) is 3.17. The van der Waals surface area contributed by atoms with Gasteiger partial charge in [0.25, 0.3) is 0 Å². The number of aliphatic hydroxyl groups is 1. The third-order valence-corrected chi connectivity index (χ3v) is 2.37. The largest absolute Gasteiger partial charge is 0.391 e. The molecule has 4 nitrogen and oxygen atoms in total. The Morgan fingerprint density at radius 3 is 2.20 bits per heavy atom. The van der Waals surface area contributed by atoms with Crippen LogP contribution in [0.4, 0.5) is 0 Å². The molecule has 0 aliphatic carbocycles. The van der Waals surface area contributed by atoms with E-state index in [9.17, 15) is 0 Å². The molecule has 0 fully saturated rings. The fourth-order valence-electron chi connectivity index (χ4n) is 0.602. The molecule has 0 amide bonds. The molecule has 1 N–H and O–H groups in total. The van der Waals surface area contributed by atoms with E-state index in [0.717, 1.165) is 6.54 Å². The molecule has 15 heavy (non-hydrogen) atoms. The van der Waals surface area contributed by atoms with Crippen LogP contribution in [0.5, 0.6) is 0 Å².